The second-order valence-electron chi connectivity index (χ2n) is 4.15. The molecule has 1 aliphatic carbocycles. The van der Waals surface area contributed by atoms with Gasteiger partial charge >= 0.3 is 0 Å². The molecule has 0 unspecified atom stereocenters. The first kappa shape index (κ1) is 9.83. The third kappa shape index (κ3) is 4.58. The van der Waals surface area contributed by atoms with E-state index in [-0.39, 0.29) is 0 Å². The van der Waals surface area contributed by atoms with Crippen LogP contribution in [0, 0.1) is 5.92 Å². The SMILES string of the molecule is CC1CCCCC=CCCCC1. The lowest BCUT2D eigenvalue weighted by Gasteiger charge is -2.09. The number of rotatable bonds is 0. The van der Waals surface area contributed by atoms with Crippen LogP contribution in [0.25, 0.3) is 0 Å². The molecular formula is C12H22. The molecule has 12 heavy (non-hydrogen) atoms. The van der Waals surface area contributed by atoms with Gasteiger partial charge in [-0.15, -0.1) is 0 Å². The Labute approximate surface area is 77.1 Å². The minimum Gasteiger partial charge on any atom is -0.0885 e. The van der Waals surface area contributed by atoms with Gasteiger partial charge in [0, 0.05) is 0 Å². The molecule has 0 spiro atoms. The molecule has 1 rings (SSSR count). The summed E-state index contributed by atoms with van der Waals surface area (Å²) in [7, 11) is 0. The van der Waals surface area contributed by atoms with Gasteiger partial charge in [0.1, 0.15) is 0 Å². The van der Waals surface area contributed by atoms with Crippen molar-refractivity contribution in [3.63, 3.8) is 0 Å². The van der Waals surface area contributed by atoms with Crippen LogP contribution >= 0.6 is 0 Å². The number of hydrogen-bond donors (Lipinski definition) is 0. The van der Waals surface area contributed by atoms with Crippen molar-refractivity contribution in [2.45, 2.75) is 58.3 Å². The molecule has 0 nitrogen and oxygen atoms in total. The fraction of sp³-hybridized carbons (Fsp3) is 0.833. The summed E-state index contributed by atoms with van der Waals surface area (Å²) in [4.78, 5) is 0. The van der Waals surface area contributed by atoms with Crippen molar-refractivity contribution in [3.05, 3.63) is 12.2 Å². The second kappa shape index (κ2) is 6.28. The molecule has 0 heteroatoms. The average Bonchev–Trinajstić information content (AvgIpc) is 2.11. The summed E-state index contributed by atoms with van der Waals surface area (Å²) in [6.07, 6.45) is 16.0. The Morgan fingerprint density at radius 2 is 1.33 bits per heavy atom. The van der Waals surface area contributed by atoms with Crippen LogP contribution in [0.15, 0.2) is 12.2 Å². The molecule has 0 aromatic rings. The van der Waals surface area contributed by atoms with Crippen molar-refractivity contribution in [1.29, 1.82) is 0 Å². The van der Waals surface area contributed by atoms with E-state index in [1.807, 2.05) is 0 Å². The Morgan fingerprint density at radius 3 is 1.83 bits per heavy atom. The van der Waals surface area contributed by atoms with E-state index in [0.29, 0.717) is 0 Å². The van der Waals surface area contributed by atoms with Crippen LogP contribution in [-0.2, 0) is 0 Å². The first-order valence-electron chi connectivity index (χ1n) is 5.54. The summed E-state index contributed by atoms with van der Waals surface area (Å²) in [5.41, 5.74) is 0. The molecule has 1 aliphatic rings. The van der Waals surface area contributed by atoms with Crippen LogP contribution < -0.4 is 0 Å². The zero-order valence-electron chi connectivity index (χ0n) is 8.39. The van der Waals surface area contributed by atoms with E-state index in [4.69, 9.17) is 0 Å². The normalized spacial score (nSPS) is 23.4. The van der Waals surface area contributed by atoms with Gasteiger partial charge in [0.25, 0.3) is 0 Å². The highest BCUT2D eigenvalue weighted by Crippen LogP contribution is 2.17. The molecule has 0 aromatic heterocycles. The summed E-state index contributed by atoms with van der Waals surface area (Å²) < 4.78 is 0. The quantitative estimate of drug-likeness (QED) is 0.470. The fourth-order valence-corrected chi connectivity index (χ4v) is 1.89. The Hall–Kier alpha value is -0.260. The van der Waals surface area contributed by atoms with Gasteiger partial charge in [-0.2, -0.15) is 0 Å². The van der Waals surface area contributed by atoms with Gasteiger partial charge in [-0.1, -0.05) is 44.8 Å². The summed E-state index contributed by atoms with van der Waals surface area (Å²) in [5.74, 6) is 0.975. The molecule has 70 valence electrons. The van der Waals surface area contributed by atoms with E-state index in [2.05, 4.69) is 19.1 Å². The van der Waals surface area contributed by atoms with Gasteiger partial charge < -0.3 is 0 Å². The van der Waals surface area contributed by atoms with E-state index >= 15 is 0 Å². The van der Waals surface area contributed by atoms with Gasteiger partial charge in [0.2, 0.25) is 0 Å². The average molecular weight is 166 g/mol. The van der Waals surface area contributed by atoms with Gasteiger partial charge in [-0.25, -0.2) is 0 Å². The first-order chi connectivity index (χ1) is 5.89. The van der Waals surface area contributed by atoms with Crippen LogP contribution in [0.5, 0.6) is 0 Å². The predicted molar refractivity (Wildman–Crippen MR) is 55.2 cm³/mol. The monoisotopic (exact) mass is 166 g/mol. The molecule has 0 atom stereocenters. The van der Waals surface area contributed by atoms with Crippen molar-refractivity contribution < 1.29 is 0 Å². The van der Waals surface area contributed by atoms with Crippen LogP contribution in [0.2, 0.25) is 0 Å². The van der Waals surface area contributed by atoms with Gasteiger partial charge in [0.05, 0.1) is 0 Å². The number of allylic oxidation sites excluding steroid dienone is 2. The third-order valence-electron chi connectivity index (χ3n) is 2.80. The van der Waals surface area contributed by atoms with E-state index in [1.54, 1.807) is 0 Å². The van der Waals surface area contributed by atoms with Gasteiger partial charge in [0.15, 0.2) is 0 Å². The third-order valence-corrected chi connectivity index (χ3v) is 2.80. The smallest absolute Gasteiger partial charge is 0.0351 e. The van der Waals surface area contributed by atoms with Gasteiger partial charge in [-0.3, -0.25) is 0 Å². The lowest BCUT2D eigenvalue weighted by Crippen LogP contribution is -1.94. The summed E-state index contributed by atoms with van der Waals surface area (Å²) in [6, 6.07) is 0. The molecule has 0 radical (unpaired) electrons. The van der Waals surface area contributed by atoms with Crippen LogP contribution in [0.3, 0.4) is 0 Å². The number of hydrogen-bond acceptors (Lipinski definition) is 0. The first-order valence-corrected chi connectivity index (χ1v) is 5.54. The van der Waals surface area contributed by atoms with Crippen molar-refractivity contribution in [3.8, 4) is 0 Å². The summed E-state index contributed by atoms with van der Waals surface area (Å²) in [5, 5.41) is 0. The van der Waals surface area contributed by atoms with Crippen molar-refractivity contribution >= 4 is 0 Å². The maximum absolute atomic E-state index is 2.41. The van der Waals surface area contributed by atoms with E-state index in [9.17, 15) is 0 Å². The van der Waals surface area contributed by atoms with Crippen molar-refractivity contribution in [1.82, 2.24) is 0 Å². The van der Waals surface area contributed by atoms with Crippen molar-refractivity contribution in [2.75, 3.05) is 0 Å². The molecule has 0 heterocycles. The lowest BCUT2D eigenvalue weighted by molar-refractivity contribution is 0.449. The van der Waals surface area contributed by atoms with Crippen LogP contribution in [0.1, 0.15) is 58.3 Å². The molecule has 0 saturated carbocycles. The minimum absolute atomic E-state index is 0.975. The lowest BCUT2D eigenvalue weighted by atomic mass is 9.97. The largest absolute Gasteiger partial charge is 0.0885 e. The van der Waals surface area contributed by atoms with E-state index in [1.165, 1.54) is 51.4 Å². The Balaban J connectivity index is 2.21. The molecular weight excluding hydrogens is 144 g/mol. The second-order valence-corrected chi connectivity index (χ2v) is 4.15. The molecule has 0 aliphatic heterocycles. The fourth-order valence-electron chi connectivity index (χ4n) is 1.89. The molecule has 0 amide bonds. The molecule has 0 aromatic carbocycles. The zero-order valence-corrected chi connectivity index (χ0v) is 8.39. The van der Waals surface area contributed by atoms with E-state index in [0.717, 1.165) is 5.92 Å². The molecule has 0 N–H and O–H groups in total. The minimum atomic E-state index is 0.975. The molecule has 0 bridgehead atoms. The Morgan fingerprint density at radius 1 is 0.833 bits per heavy atom. The Kier molecular flexibility index (Phi) is 5.14. The maximum Gasteiger partial charge on any atom is -0.0351 e. The van der Waals surface area contributed by atoms with Crippen molar-refractivity contribution in [2.24, 2.45) is 5.92 Å². The summed E-state index contributed by atoms with van der Waals surface area (Å²) in [6.45, 7) is 2.41. The standard InChI is InChI=1S/C12H22/c1-12-10-8-6-4-2-3-5-7-9-11-12/h2-3,12H,4-11H2,1H3. The zero-order chi connectivity index (χ0) is 8.65. The van der Waals surface area contributed by atoms with Gasteiger partial charge in [-0.05, 0) is 31.6 Å². The maximum atomic E-state index is 2.41. The summed E-state index contributed by atoms with van der Waals surface area (Å²) >= 11 is 0. The predicted octanol–water partition coefficient (Wildman–Crippen LogP) is 4.31. The topological polar surface area (TPSA) is 0 Å². The van der Waals surface area contributed by atoms with E-state index < -0.39 is 0 Å². The van der Waals surface area contributed by atoms with Crippen LogP contribution in [-0.4, -0.2) is 0 Å². The highest BCUT2D eigenvalue weighted by Gasteiger charge is 2.01. The Bertz CT molecular complexity index is 110. The highest BCUT2D eigenvalue weighted by atomic mass is 14.1. The van der Waals surface area contributed by atoms with Crippen LogP contribution in [0.4, 0.5) is 0 Å². The molecule has 0 fully saturated rings. The molecule has 0 saturated heterocycles. The highest BCUT2D eigenvalue weighted by molar-refractivity contribution is 4.81.